The van der Waals surface area contributed by atoms with Crippen LogP contribution in [0.25, 0.3) is 0 Å². The van der Waals surface area contributed by atoms with Crippen LogP contribution < -0.4 is 5.32 Å². The number of thioether (sulfide) groups is 1. The summed E-state index contributed by atoms with van der Waals surface area (Å²) in [5.74, 6) is 0.633. The summed E-state index contributed by atoms with van der Waals surface area (Å²) < 4.78 is 4.89. The van der Waals surface area contributed by atoms with Crippen molar-refractivity contribution in [3.63, 3.8) is 0 Å². The number of benzene rings is 1. The molecule has 2 aromatic rings. The van der Waals surface area contributed by atoms with Gasteiger partial charge >= 0.3 is 0 Å². The third kappa shape index (κ3) is 3.56. The van der Waals surface area contributed by atoms with E-state index >= 15 is 0 Å². The second kappa shape index (κ2) is 6.45. The fourth-order valence-corrected chi connectivity index (χ4v) is 3.78. The third-order valence-corrected chi connectivity index (χ3v) is 4.88. The maximum atomic E-state index is 12.5. The van der Waals surface area contributed by atoms with Gasteiger partial charge in [-0.05, 0) is 25.0 Å². The number of likely N-dealkylation sites (N-methyl/N-ethyl adjacent to an activating group) is 1. The summed E-state index contributed by atoms with van der Waals surface area (Å²) in [5, 5.41) is 6.14. The zero-order chi connectivity index (χ0) is 16.4. The zero-order valence-corrected chi connectivity index (χ0v) is 13.7. The lowest BCUT2D eigenvalue weighted by molar-refractivity contribution is -0.132. The van der Waals surface area contributed by atoms with Crippen molar-refractivity contribution in [3.8, 4) is 0 Å². The summed E-state index contributed by atoms with van der Waals surface area (Å²) in [6.07, 6.45) is 0.702. The summed E-state index contributed by atoms with van der Waals surface area (Å²) in [4.78, 5) is 27.1. The number of nitrogens with one attached hydrogen (secondary N) is 1. The van der Waals surface area contributed by atoms with E-state index in [1.54, 1.807) is 31.8 Å². The van der Waals surface area contributed by atoms with Crippen molar-refractivity contribution in [2.45, 2.75) is 23.5 Å². The van der Waals surface area contributed by atoms with Crippen LogP contribution in [0.3, 0.4) is 0 Å². The Kier molecular flexibility index (Phi) is 4.38. The van der Waals surface area contributed by atoms with E-state index in [2.05, 4.69) is 10.5 Å². The Labute approximate surface area is 138 Å². The van der Waals surface area contributed by atoms with Gasteiger partial charge < -0.3 is 14.7 Å². The first-order valence-corrected chi connectivity index (χ1v) is 8.13. The molecule has 0 saturated heterocycles. The molecule has 0 radical (unpaired) electrons. The van der Waals surface area contributed by atoms with Crippen LogP contribution in [0.2, 0.25) is 0 Å². The van der Waals surface area contributed by atoms with Crippen LogP contribution in [0.4, 0.5) is 5.82 Å². The van der Waals surface area contributed by atoms with Gasteiger partial charge in [0.05, 0.1) is 11.8 Å². The van der Waals surface area contributed by atoms with Gasteiger partial charge in [0.25, 0.3) is 0 Å². The minimum absolute atomic E-state index is 0.0157. The molecule has 1 aromatic heterocycles. The lowest BCUT2D eigenvalue weighted by atomic mass is 10.1. The Hall–Kier alpha value is -2.28. The van der Waals surface area contributed by atoms with E-state index < -0.39 is 0 Å². The number of aryl methyl sites for hydroxylation is 1. The van der Waals surface area contributed by atoms with E-state index in [1.807, 2.05) is 24.3 Å². The van der Waals surface area contributed by atoms with Gasteiger partial charge in [-0.1, -0.05) is 23.4 Å². The largest absolute Gasteiger partial charge is 0.360 e. The van der Waals surface area contributed by atoms with Gasteiger partial charge in [0.15, 0.2) is 5.82 Å². The first-order chi connectivity index (χ1) is 11.0. The maximum absolute atomic E-state index is 12.5. The number of carbonyl (C=O) groups excluding carboxylic acids is 2. The van der Waals surface area contributed by atoms with Crippen molar-refractivity contribution < 1.29 is 14.1 Å². The van der Waals surface area contributed by atoms with Crippen LogP contribution in [-0.4, -0.2) is 40.7 Å². The molecule has 7 heteroatoms. The molecule has 23 heavy (non-hydrogen) atoms. The number of anilines is 1. The summed E-state index contributed by atoms with van der Waals surface area (Å²) in [7, 11) is 1.64. The highest BCUT2D eigenvalue weighted by Crippen LogP contribution is 2.37. The predicted molar refractivity (Wildman–Crippen MR) is 87.3 cm³/mol. The number of fused-ring (bicyclic) bond motifs is 1. The smallest absolute Gasteiger partial charge is 0.245 e. The van der Waals surface area contributed by atoms with E-state index in [0.717, 1.165) is 4.90 Å². The van der Waals surface area contributed by atoms with E-state index in [4.69, 9.17) is 4.52 Å². The van der Waals surface area contributed by atoms with E-state index in [9.17, 15) is 9.59 Å². The molecule has 1 atom stereocenters. The van der Waals surface area contributed by atoms with Gasteiger partial charge in [-0.25, -0.2) is 0 Å². The minimum atomic E-state index is -0.297. The highest BCUT2D eigenvalue weighted by atomic mass is 32.2. The van der Waals surface area contributed by atoms with E-state index in [0.29, 0.717) is 18.0 Å². The van der Waals surface area contributed by atoms with Crippen LogP contribution in [0.5, 0.6) is 0 Å². The first-order valence-electron chi connectivity index (χ1n) is 7.25. The molecule has 6 nitrogen and oxygen atoms in total. The molecule has 3 rings (SSSR count). The Morgan fingerprint density at radius 3 is 2.91 bits per heavy atom. The number of hydrogen-bond acceptors (Lipinski definition) is 5. The van der Waals surface area contributed by atoms with Gasteiger partial charge in [-0.15, -0.1) is 11.8 Å². The Morgan fingerprint density at radius 1 is 1.43 bits per heavy atom. The van der Waals surface area contributed by atoms with Crippen molar-refractivity contribution in [2.75, 3.05) is 18.9 Å². The zero-order valence-electron chi connectivity index (χ0n) is 12.9. The van der Waals surface area contributed by atoms with Gasteiger partial charge in [-0.2, -0.15) is 0 Å². The number of hydrogen-bond donors (Lipinski definition) is 1. The molecule has 0 spiro atoms. The fourth-order valence-electron chi connectivity index (χ4n) is 2.47. The molecule has 1 unspecified atom stereocenters. The quantitative estimate of drug-likeness (QED) is 0.928. The average Bonchev–Trinajstić information content (AvgIpc) is 3.12. The molecule has 0 bridgehead atoms. The lowest BCUT2D eigenvalue weighted by Gasteiger charge is -2.19. The summed E-state index contributed by atoms with van der Waals surface area (Å²) in [6.45, 7) is 1.73. The summed E-state index contributed by atoms with van der Waals surface area (Å²) >= 11 is 1.56. The lowest BCUT2D eigenvalue weighted by Crippen LogP contribution is -2.39. The number of amides is 2. The molecule has 1 N–H and O–H groups in total. The minimum Gasteiger partial charge on any atom is -0.360 e. The fraction of sp³-hybridized carbons (Fsp3) is 0.312. The number of nitrogens with zero attached hydrogens (tertiary/aromatic N) is 2. The SMILES string of the molecule is Cc1cc(NC(=O)CN(C)C(=O)C2Cc3ccccc3S2)no1. The second-order valence-corrected chi connectivity index (χ2v) is 6.73. The van der Waals surface area contributed by atoms with Crippen molar-refractivity contribution in [2.24, 2.45) is 0 Å². The monoisotopic (exact) mass is 331 g/mol. The van der Waals surface area contributed by atoms with Gasteiger partial charge in [0.2, 0.25) is 11.8 Å². The highest BCUT2D eigenvalue weighted by Gasteiger charge is 2.30. The molecule has 2 amide bonds. The van der Waals surface area contributed by atoms with Crippen LogP contribution in [0.15, 0.2) is 39.8 Å². The van der Waals surface area contributed by atoms with Gasteiger partial charge in [0, 0.05) is 18.0 Å². The first kappa shape index (κ1) is 15.6. The van der Waals surface area contributed by atoms with Crippen molar-refractivity contribution >= 4 is 29.4 Å². The predicted octanol–water partition coefficient (Wildman–Crippen LogP) is 2.10. The van der Waals surface area contributed by atoms with Crippen LogP contribution >= 0.6 is 11.8 Å². The highest BCUT2D eigenvalue weighted by molar-refractivity contribution is 8.01. The molecule has 0 saturated carbocycles. The molecule has 2 heterocycles. The average molecular weight is 331 g/mol. The number of rotatable bonds is 4. The van der Waals surface area contributed by atoms with Crippen LogP contribution in [0, 0.1) is 6.92 Å². The Morgan fingerprint density at radius 2 is 2.22 bits per heavy atom. The molecule has 0 aliphatic carbocycles. The van der Waals surface area contributed by atoms with Crippen LogP contribution in [-0.2, 0) is 16.0 Å². The van der Waals surface area contributed by atoms with E-state index in [1.165, 1.54) is 10.5 Å². The van der Waals surface area contributed by atoms with Gasteiger partial charge in [-0.3, -0.25) is 9.59 Å². The number of carbonyl (C=O) groups is 2. The topological polar surface area (TPSA) is 75.4 Å². The van der Waals surface area contributed by atoms with Crippen molar-refractivity contribution in [1.29, 1.82) is 0 Å². The molecule has 1 aromatic carbocycles. The maximum Gasteiger partial charge on any atom is 0.245 e. The Balaban J connectivity index is 1.55. The third-order valence-electron chi connectivity index (χ3n) is 3.58. The van der Waals surface area contributed by atoms with Crippen LogP contribution in [0.1, 0.15) is 11.3 Å². The van der Waals surface area contributed by atoms with Crippen molar-refractivity contribution in [1.82, 2.24) is 10.1 Å². The molecular weight excluding hydrogens is 314 g/mol. The van der Waals surface area contributed by atoms with Crippen molar-refractivity contribution in [3.05, 3.63) is 41.7 Å². The second-order valence-electron chi connectivity index (χ2n) is 5.48. The molecule has 1 aliphatic rings. The molecule has 0 fully saturated rings. The number of aromatic nitrogens is 1. The summed E-state index contributed by atoms with van der Waals surface area (Å²) in [6, 6.07) is 9.63. The normalized spacial score (nSPS) is 16.0. The van der Waals surface area contributed by atoms with Gasteiger partial charge in [0.1, 0.15) is 5.76 Å². The molecular formula is C16H17N3O3S. The standard InChI is InChI=1S/C16H17N3O3S/c1-10-7-14(18-22-10)17-15(20)9-19(2)16(21)13-8-11-5-3-4-6-12(11)23-13/h3-7,13H,8-9H2,1-2H3,(H,17,18,20). The molecule has 1 aliphatic heterocycles. The molecule has 120 valence electrons. The summed E-state index contributed by atoms with van der Waals surface area (Å²) in [5.41, 5.74) is 1.19. The Bertz CT molecular complexity index is 719. The van der Waals surface area contributed by atoms with E-state index in [-0.39, 0.29) is 23.6 Å².